The molecule has 1 aliphatic rings. The summed E-state index contributed by atoms with van der Waals surface area (Å²) in [5.41, 5.74) is 2.28. The van der Waals surface area contributed by atoms with Gasteiger partial charge in [-0.1, -0.05) is 40.9 Å². The van der Waals surface area contributed by atoms with Gasteiger partial charge in [0.05, 0.1) is 17.1 Å². The van der Waals surface area contributed by atoms with E-state index in [9.17, 15) is 9.59 Å². The summed E-state index contributed by atoms with van der Waals surface area (Å²) in [6, 6.07) is 11.7. The van der Waals surface area contributed by atoms with Crippen molar-refractivity contribution < 1.29 is 9.59 Å². The fourth-order valence-electron chi connectivity index (χ4n) is 2.51. The molecule has 0 saturated carbocycles. The molecule has 4 nitrogen and oxygen atoms in total. The number of nitrogens with one attached hydrogen (secondary N) is 1. The molecule has 1 heterocycles. The summed E-state index contributed by atoms with van der Waals surface area (Å²) in [4.78, 5) is 25.9. The van der Waals surface area contributed by atoms with E-state index in [4.69, 9.17) is 23.2 Å². The summed E-state index contributed by atoms with van der Waals surface area (Å²) in [6.45, 7) is 1.98. The number of carbonyl (C=O) groups is 2. The number of carbonyl (C=O) groups excluding carboxylic acids is 2. The van der Waals surface area contributed by atoms with Gasteiger partial charge in [0.1, 0.15) is 6.04 Å². The molecule has 2 aromatic rings. The number of aryl methyl sites for hydroxylation is 1. The number of hydrogen-bond acceptors (Lipinski definition) is 3. The van der Waals surface area contributed by atoms with Crippen LogP contribution in [0.25, 0.3) is 0 Å². The predicted molar refractivity (Wildman–Crippen MR) is 92.2 cm³/mol. The summed E-state index contributed by atoms with van der Waals surface area (Å²) in [5, 5.41) is 3.82. The van der Waals surface area contributed by atoms with Crippen molar-refractivity contribution in [3.05, 3.63) is 58.1 Å². The highest BCUT2D eigenvalue weighted by atomic mass is 35.5. The topological polar surface area (TPSA) is 49.4 Å². The van der Waals surface area contributed by atoms with Crippen LogP contribution >= 0.6 is 23.2 Å². The highest BCUT2D eigenvalue weighted by Crippen LogP contribution is 2.32. The predicted octanol–water partition coefficient (Wildman–Crippen LogP) is 4.05. The van der Waals surface area contributed by atoms with Crippen LogP contribution in [0.1, 0.15) is 12.0 Å². The van der Waals surface area contributed by atoms with Crippen LogP contribution in [0.4, 0.5) is 11.4 Å². The summed E-state index contributed by atoms with van der Waals surface area (Å²) in [5.74, 6) is -0.608. The molecule has 0 aromatic heterocycles. The molecule has 1 saturated heterocycles. The van der Waals surface area contributed by atoms with Crippen LogP contribution in [0.5, 0.6) is 0 Å². The molecule has 6 heteroatoms. The van der Waals surface area contributed by atoms with Gasteiger partial charge >= 0.3 is 0 Å². The lowest BCUT2D eigenvalue weighted by Gasteiger charge is -2.17. The van der Waals surface area contributed by atoms with E-state index in [1.54, 1.807) is 12.1 Å². The Balaban J connectivity index is 1.83. The summed E-state index contributed by atoms with van der Waals surface area (Å²) in [7, 11) is 0. The van der Waals surface area contributed by atoms with E-state index in [-0.39, 0.29) is 23.3 Å². The van der Waals surface area contributed by atoms with E-state index in [0.717, 1.165) is 16.2 Å². The second kappa shape index (κ2) is 6.22. The maximum absolute atomic E-state index is 12.6. The van der Waals surface area contributed by atoms with Crippen molar-refractivity contribution in [2.45, 2.75) is 19.4 Å². The molecule has 0 spiro atoms. The van der Waals surface area contributed by atoms with E-state index < -0.39 is 6.04 Å². The highest BCUT2D eigenvalue weighted by molar-refractivity contribution is 6.38. The van der Waals surface area contributed by atoms with Crippen LogP contribution in [0.3, 0.4) is 0 Å². The Morgan fingerprint density at radius 2 is 1.78 bits per heavy atom. The van der Waals surface area contributed by atoms with E-state index >= 15 is 0 Å². The van der Waals surface area contributed by atoms with Gasteiger partial charge in [0.2, 0.25) is 5.91 Å². The SMILES string of the molecule is Cc1ccc(NC2CC(=O)N(c3ccc(Cl)cc3Cl)C2=O)cc1. The van der Waals surface area contributed by atoms with Crippen LogP contribution < -0.4 is 10.2 Å². The molecule has 3 rings (SSSR count). The second-order valence-electron chi connectivity index (χ2n) is 5.43. The largest absolute Gasteiger partial charge is 0.373 e. The number of amides is 2. The van der Waals surface area contributed by atoms with Crippen molar-refractivity contribution in [1.82, 2.24) is 0 Å². The number of imide groups is 1. The number of rotatable bonds is 3. The van der Waals surface area contributed by atoms with Crippen molar-refractivity contribution in [1.29, 1.82) is 0 Å². The van der Waals surface area contributed by atoms with E-state index in [0.29, 0.717) is 10.7 Å². The van der Waals surface area contributed by atoms with Crippen LogP contribution in [0.15, 0.2) is 42.5 Å². The quantitative estimate of drug-likeness (QED) is 0.851. The zero-order chi connectivity index (χ0) is 16.6. The Kier molecular flexibility index (Phi) is 4.28. The number of halogens is 2. The summed E-state index contributed by atoms with van der Waals surface area (Å²) in [6.07, 6.45) is 0.0890. The summed E-state index contributed by atoms with van der Waals surface area (Å²) < 4.78 is 0. The number of nitrogens with zero attached hydrogens (tertiary/aromatic N) is 1. The smallest absolute Gasteiger partial charge is 0.256 e. The standard InChI is InChI=1S/C17H14Cl2N2O2/c1-10-2-5-12(6-3-10)20-14-9-16(22)21(17(14)23)15-7-4-11(18)8-13(15)19/h2-8,14,20H,9H2,1H3. The minimum absolute atomic E-state index is 0.0890. The van der Waals surface area contributed by atoms with Crippen LogP contribution in [0.2, 0.25) is 10.0 Å². The van der Waals surface area contributed by atoms with Crippen molar-refractivity contribution in [2.24, 2.45) is 0 Å². The highest BCUT2D eigenvalue weighted by Gasteiger charge is 2.40. The number of anilines is 2. The normalized spacial score (nSPS) is 17.7. The van der Waals surface area contributed by atoms with Crippen molar-refractivity contribution in [3.63, 3.8) is 0 Å². The first-order valence-corrected chi connectivity index (χ1v) is 7.86. The molecule has 2 aromatic carbocycles. The van der Waals surface area contributed by atoms with E-state index in [2.05, 4.69) is 5.32 Å². The van der Waals surface area contributed by atoms with Gasteiger partial charge in [0, 0.05) is 10.7 Å². The van der Waals surface area contributed by atoms with Gasteiger partial charge in [0.15, 0.2) is 0 Å². The van der Waals surface area contributed by atoms with Crippen LogP contribution in [0, 0.1) is 6.92 Å². The third-order valence-electron chi connectivity index (χ3n) is 3.69. The first kappa shape index (κ1) is 15.8. The molecule has 1 unspecified atom stereocenters. The third kappa shape index (κ3) is 3.19. The van der Waals surface area contributed by atoms with Crippen LogP contribution in [-0.2, 0) is 9.59 Å². The van der Waals surface area contributed by atoms with Gasteiger partial charge in [0.25, 0.3) is 5.91 Å². The van der Waals surface area contributed by atoms with Gasteiger partial charge in [-0.3, -0.25) is 9.59 Å². The zero-order valence-electron chi connectivity index (χ0n) is 12.3. The monoisotopic (exact) mass is 348 g/mol. The molecule has 1 N–H and O–H groups in total. The average molecular weight is 349 g/mol. The Morgan fingerprint density at radius 3 is 2.43 bits per heavy atom. The van der Waals surface area contributed by atoms with Gasteiger partial charge in [-0.05, 0) is 37.3 Å². The molecule has 1 aliphatic heterocycles. The van der Waals surface area contributed by atoms with Crippen LogP contribution in [-0.4, -0.2) is 17.9 Å². The molecule has 0 aliphatic carbocycles. The minimum Gasteiger partial charge on any atom is -0.373 e. The molecule has 1 atom stereocenters. The first-order chi connectivity index (χ1) is 11.0. The third-order valence-corrected chi connectivity index (χ3v) is 4.23. The van der Waals surface area contributed by atoms with Gasteiger partial charge in [-0.15, -0.1) is 0 Å². The number of hydrogen-bond donors (Lipinski definition) is 1. The maximum Gasteiger partial charge on any atom is 0.256 e. The zero-order valence-corrected chi connectivity index (χ0v) is 13.9. The lowest BCUT2D eigenvalue weighted by atomic mass is 10.2. The Hall–Kier alpha value is -2.04. The first-order valence-electron chi connectivity index (χ1n) is 7.11. The van der Waals surface area contributed by atoms with Gasteiger partial charge in [-0.25, -0.2) is 4.90 Å². The van der Waals surface area contributed by atoms with E-state index in [1.165, 1.54) is 6.07 Å². The molecular weight excluding hydrogens is 335 g/mol. The molecule has 2 amide bonds. The van der Waals surface area contributed by atoms with Crippen molar-refractivity contribution in [2.75, 3.05) is 10.2 Å². The van der Waals surface area contributed by atoms with Gasteiger partial charge in [-0.2, -0.15) is 0 Å². The molecule has 23 heavy (non-hydrogen) atoms. The molecular formula is C17H14Cl2N2O2. The van der Waals surface area contributed by atoms with E-state index in [1.807, 2.05) is 31.2 Å². The maximum atomic E-state index is 12.6. The fourth-order valence-corrected chi connectivity index (χ4v) is 3.00. The van der Waals surface area contributed by atoms with Crippen molar-refractivity contribution in [3.8, 4) is 0 Å². The molecule has 1 fully saturated rings. The molecule has 118 valence electrons. The Bertz CT molecular complexity index is 775. The lowest BCUT2D eigenvalue weighted by molar-refractivity contribution is -0.121. The average Bonchev–Trinajstić information content (AvgIpc) is 2.77. The molecule has 0 bridgehead atoms. The lowest BCUT2D eigenvalue weighted by Crippen LogP contribution is -2.35. The van der Waals surface area contributed by atoms with Crippen molar-refractivity contribution >= 4 is 46.4 Å². The summed E-state index contributed by atoms with van der Waals surface area (Å²) >= 11 is 12.0. The second-order valence-corrected chi connectivity index (χ2v) is 6.27. The fraction of sp³-hybridized carbons (Fsp3) is 0.176. The van der Waals surface area contributed by atoms with Gasteiger partial charge < -0.3 is 5.32 Å². The Labute approximate surface area is 144 Å². The number of benzene rings is 2. The Morgan fingerprint density at radius 1 is 1.09 bits per heavy atom. The minimum atomic E-state index is -0.600. The molecule has 0 radical (unpaired) electrons.